The van der Waals surface area contributed by atoms with Crippen LogP contribution in [0.1, 0.15) is 27.0 Å². The molecule has 0 atom stereocenters. The highest BCUT2D eigenvalue weighted by atomic mass is 79.9. The lowest BCUT2D eigenvalue weighted by Crippen LogP contribution is -2.15. The van der Waals surface area contributed by atoms with Crippen molar-refractivity contribution in [2.45, 2.75) is 20.8 Å². The molecule has 0 aliphatic heterocycles. The van der Waals surface area contributed by atoms with Gasteiger partial charge < -0.3 is 4.74 Å². The Kier molecular flexibility index (Phi) is 4.78. The minimum atomic E-state index is -0.356. The minimum absolute atomic E-state index is 0.0744. The Bertz CT molecular complexity index is 672. The number of ether oxygens (including phenoxy) is 1. The van der Waals surface area contributed by atoms with E-state index in [0.717, 1.165) is 16.7 Å². The van der Waals surface area contributed by atoms with E-state index in [9.17, 15) is 9.18 Å². The second kappa shape index (κ2) is 6.39. The molecule has 0 fully saturated rings. The Balaban J connectivity index is 2.16. The van der Waals surface area contributed by atoms with Gasteiger partial charge in [0.25, 0.3) is 0 Å². The summed E-state index contributed by atoms with van der Waals surface area (Å²) < 4.78 is 19.0. The zero-order chi connectivity index (χ0) is 15.6. The Morgan fingerprint density at radius 1 is 1.14 bits per heavy atom. The second-order valence-corrected chi connectivity index (χ2v) is 5.91. The summed E-state index contributed by atoms with van der Waals surface area (Å²) >= 11 is 3.22. The molecule has 0 saturated carbocycles. The number of carbonyl (C=O) groups excluding carboxylic acids is 1. The van der Waals surface area contributed by atoms with E-state index >= 15 is 0 Å². The molecule has 0 saturated heterocycles. The average molecular weight is 351 g/mol. The van der Waals surface area contributed by atoms with E-state index in [4.69, 9.17) is 4.74 Å². The highest BCUT2D eigenvalue weighted by molar-refractivity contribution is 9.10. The van der Waals surface area contributed by atoms with Crippen LogP contribution in [-0.4, -0.2) is 12.4 Å². The topological polar surface area (TPSA) is 26.3 Å². The van der Waals surface area contributed by atoms with Crippen molar-refractivity contribution in [3.05, 3.63) is 62.9 Å². The summed E-state index contributed by atoms with van der Waals surface area (Å²) in [5.41, 5.74) is 3.71. The van der Waals surface area contributed by atoms with Gasteiger partial charge in [0.15, 0.2) is 6.61 Å². The standard InChI is InChI=1S/C17H16BrFO2/c1-10-6-11(2)17(12(3)7-10)15(20)9-21-16-5-4-13(19)8-14(16)18/h4-8H,9H2,1-3H3. The summed E-state index contributed by atoms with van der Waals surface area (Å²) in [6.07, 6.45) is 0. The van der Waals surface area contributed by atoms with Crippen molar-refractivity contribution in [1.29, 1.82) is 0 Å². The van der Waals surface area contributed by atoms with Crippen LogP contribution in [-0.2, 0) is 0 Å². The van der Waals surface area contributed by atoms with Crippen LogP contribution in [0, 0.1) is 26.6 Å². The predicted molar refractivity (Wildman–Crippen MR) is 84.6 cm³/mol. The van der Waals surface area contributed by atoms with Crippen molar-refractivity contribution >= 4 is 21.7 Å². The maximum Gasteiger partial charge on any atom is 0.200 e. The van der Waals surface area contributed by atoms with Gasteiger partial charge in [0.1, 0.15) is 11.6 Å². The SMILES string of the molecule is Cc1cc(C)c(C(=O)COc2ccc(F)cc2Br)c(C)c1. The molecule has 21 heavy (non-hydrogen) atoms. The zero-order valence-electron chi connectivity index (χ0n) is 12.2. The predicted octanol–water partition coefficient (Wildman–Crippen LogP) is 4.78. The van der Waals surface area contributed by atoms with Crippen molar-refractivity contribution < 1.29 is 13.9 Å². The molecule has 0 heterocycles. The quantitative estimate of drug-likeness (QED) is 0.742. The van der Waals surface area contributed by atoms with E-state index < -0.39 is 0 Å². The first-order valence-corrected chi connectivity index (χ1v) is 7.36. The normalized spacial score (nSPS) is 10.5. The molecule has 4 heteroatoms. The average Bonchev–Trinajstić information content (AvgIpc) is 2.36. The number of hydrogen-bond donors (Lipinski definition) is 0. The van der Waals surface area contributed by atoms with Crippen LogP contribution in [0.3, 0.4) is 0 Å². The van der Waals surface area contributed by atoms with E-state index in [1.807, 2.05) is 32.9 Å². The van der Waals surface area contributed by atoms with Crippen LogP contribution in [0.15, 0.2) is 34.8 Å². The summed E-state index contributed by atoms with van der Waals surface area (Å²) in [5.74, 6) is 0.0131. The number of rotatable bonds is 4. The minimum Gasteiger partial charge on any atom is -0.484 e. The molecular formula is C17H16BrFO2. The van der Waals surface area contributed by atoms with Gasteiger partial charge >= 0.3 is 0 Å². The molecule has 0 bridgehead atoms. The van der Waals surface area contributed by atoms with Gasteiger partial charge in [-0.15, -0.1) is 0 Å². The number of benzene rings is 2. The molecule has 0 amide bonds. The van der Waals surface area contributed by atoms with Crippen molar-refractivity contribution in [2.75, 3.05) is 6.61 Å². The number of carbonyl (C=O) groups is 1. The zero-order valence-corrected chi connectivity index (χ0v) is 13.8. The highest BCUT2D eigenvalue weighted by Crippen LogP contribution is 2.26. The smallest absolute Gasteiger partial charge is 0.200 e. The monoisotopic (exact) mass is 350 g/mol. The third-order valence-corrected chi connectivity index (χ3v) is 3.83. The highest BCUT2D eigenvalue weighted by Gasteiger charge is 2.14. The molecule has 2 aromatic rings. The number of ketones is 1. The van der Waals surface area contributed by atoms with Crippen LogP contribution in [0.4, 0.5) is 4.39 Å². The Morgan fingerprint density at radius 2 is 1.76 bits per heavy atom. The molecule has 2 aromatic carbocycles. The van der Waals surface area contributed by atoms with Gasteiger partial charge in [0, 0.05) is 5.56 Å². The molecule has 0 radical (unpaired) electrons. The molecule has 0 N–H and O–H groups in total. The fourth-order valence-electron chi connectivity index (χ4n) is 2.43. The number of halogens is 2. The first-order valence-electron chi connectivity index (χ1n) is 6.57. The molecule has 2 nitrogen and oxygen atoms in total. The lowest BCUT2D eigenvalue weighted by Gasteiger charge is -2.12. The molecule has 0 spiro atoms. The van der Waals surface area contributed by atoms with Crippen molar-refractivity contribution in [2.24, 2.45) is 0 Å². The van der Waals surface area contributed by atoms with Crippen LogP contribution in [0.25, 0.3) is 0 Å². The van der Waals surface area contributed by atoms with Gasteiger partial charge in [-0.1, -0.05) is 17.7 Å². The number of hydrogen-bond acceptors (Lipinski definition) is 2. The molecule has 2 rings (SSSR count). The summed E-state index contributed by atoms with van der Waals surface area (Å²) in [4.78, 5) is 12.3. The summed E-state index contributed by atoms with van der Waals surface area (Å²) in [5, 5.41) is 0. The van der Waals surface area contributed by atoms with E-state index in [-0.39, 0.29) is 18.2 Å². The lowest BCUT2D eigenvalue weighted by atomic mass is 9.97. The molecule has 0 unspecified atom stereocenters. The summed E-state index contributed by atoms with van der Waals surface area (Å²) in [7, 11) is 0. The van der Waals surface area contributed by atoms with Gasteiger partial charge in [-0.05, 0) is 66.0 Å². The van der Waals surface area contributed by atoms with Crippen molar-refractivity contribution in [3.8, 4) is 5.75 Å². The molecule has 0 aliphatic rings. The number of Topliss-reactive ketones (excluding diaryl/α,β-unsaturated/α-hetero) is 1. The Labute approximate surface area is 132 Å². The summed E-state index contributed by atoms with van der Waals surface area (Å²) in [6.45, 7) is 5.76. The van der Waals surface area contributed by atoms with Crippen molar-refractivity contribution in [1.82, 2.24) is 0 Å². The fourth-order valence-corrected chi connectivity index (χ4v) is 2.89. The van der Waals surface area contributed by atoms with Gasteiger partial charge in [-0.2, -0.15) is 0 Å². The second-order valence-electron chi connectivity index (χ2n) is 5.06. The van der Waals surface area contributed by atoms with E-state index in [1.54, 1.807) is 0 Å². The Hall–Kier alpha value is -1.68. The van der Waals surface area contributed by atoms with Crippen LogP contribution in [0.2, 0.25) is 0 Å². The maximum atomic E-state index is 13.0. The maximum absolute atomic E-state index is 13.0. The van der Waals surface area contributed by atoms with Crippen LogP contribution < -0.4 is 4.74 Å². The third-order valence-electron chi connectivity index (χ3n) is 3.21. The largest absolute Gasteiger partial charge is 0.484 e. The number of aryl methyl sites for hydroxylation is 3. The third kappa shape index (κ3) is 3.70. The van der Waals surface area contributed by atoms with Crippen LogP contribution >= 0.6 is 15.9 Å². The van der Waals surface area contributed by atoms with Gasteiger partial charge in [0.05, 0.1) is 4.47 Å². The van der Waals surface area contributed by atoms with Gasteiger partial charge in [-0.25, -0.2) is 4.39 Å². The molecular weight excluding hydrogens is 335 g/mol. The van der Waals surface area contributed by atoms with E-state index in [0.29, 0.717) is 15.8 Å². The van der Waals surface area contributed by atoms with Gasteiger partial charge in [-0.3, -0.25) is 4.79 Å². The molecule has 110 valence electrons. The lowest BCUT2D eigenvalue weighted by molar-refractivity contribution is 0.0919. The Morgan fingerprint density at radius 3 is 2.33 bits per heavy atom. The van der Waals surface area contributed by atoms with Crippen LogP contribution in [0.5, 0.6) is 5.75 Å². The summed E-state index contributed by atoms with van der Waals surface area (Å²) in [6, 6.07) is 8.07. The molecule has 0 aromatic heterocycles. The van der Waals surface area contributed by atoms with E-state index in [2.05, 4.69) is 15.9 Å². The van der Waals surface area contributed by atoms with E-state index in [1.165, 1.54) is 18.2 Å². The molecule has 0 aliphatic carbocycles. The van der Waals surface area contributed by atoms with Gasteiger partial charge in [0.2, 0.25) is 5.78 Å². The first kappa shape index (κ1) is 15.7. The fraction of sp³-hybridized carbons (Fsp3) is 0.235. The van der Waals surface area contributed by atoms with Crippen molar-refractivity contribution in [3.63, 3.8) is 0 Å². The first-order chi connectivity index (χ1) is 9.88.